The molecule has 4 aliphatic rings. The molecule has 0 unspecified atom stereocenters. The van der Waals surface area contributed by atoms with Crippen LogP contribution in [0.15, 0.2) is 0 Å². The van der Waals surface area contributed by atoms with Gasteiger partial charge in [0.05, 0.1) is 0 Å². The monoisotopic (exact) mass is 426 g/mol. The van der Waals surface area contributed by atoms with Crippen molar-refractivity contribution in [2.45, 2.75) is 96.6 Å². The molecule has 2 amide bonds. The Morgan fingerprint density at radius 3 is 2.61 bits per heavy atom. The summed E-state index contributed by atoms with van der Waals surface area (Å²) in [5.41, 5.74) is 2.65. The van der Waals surface area contributed by atoms with Gasteiger partial charge in [0, 0.05) is 42.9 Å². The van der Waals surface area contributed by atoms with Gasteiger partial charge in [-0.15, -0.1) is 0 Å². The van der Waals surface area contributed by atoms with Crippen LogP contribution in [0.25, 0.3) is 0 Å². The van der Waals surface area contributed by atoms with Crippen molar-refractivity contribution in [1.82, 2.24) is 20.0 Å². The molecule has 1 saturated carbocycles. The molecule has 1 aromatic rings. The van der Waals surface area contributed by atoms with Crippen LogP contribution in [-0.2, 0) is 11.2 Å². The van der Waals surface area contributed by atoms with E-state index in [0.717, 1.165) is 55.9 Å². The van der Waals surface area contributed by atoms with E-state index in [9.17, 15) is 9.59 Å². The minimum Gasteiger partial charge on any atom is -0.337 e. The topological polar surface area (TPSA) is 69.3 Å². The summed E-state index contributed by atoms with van der Waals surface area (Å²) in [6, 6.07) is 0.646. The van der Waals surface area contributed by atoms with Crippen LogP contribution < -0.4 is 0 Å². The molecule has 0 radical (unpaired) electrons. The number of amides is 2. The van der Waals surface area contributed by atoms with Gasteiger partial charge >= 0.3 is 0 Å². The smallest absolute Gasteiger partial charge is 0.274 e. The minimum atomic E-state index is 0.0788. The maximum atomic E-state index is 13.5. The lowest BCUT2D eigenvalue weighted by atomic mass is 9.69. The molecule has 1 aromatic heterocycles. The standard InChI is InChI=1S/C25H38N4O2/c1-3-20-16(2)24(27-26-20)25(31)28-14-18-13-19(15-28)22(12-17-8-5-4-6-9-17)29-21(18)10-7-11-23(29)30/h17-19,21-22H,3-15H2,1-2H3,(H,26,27)/t18-,19+,21+,22+/m1/s1. The van der Waals surface area contributed by atoms with Crippen LogP contribution >= 0.6 is 0 Å². The summed E-state index contributed by atoms with van der Waals surface area (Å²) in [6.07, 6.45) is 12.7. The first-order valence-electron chi connectivity index (χ1n) is 12.7. The summed E-state index contributed by atoms with van der Waals surface area (Å²) in [6.45, 7) is 5.64. The van der Waals surface area contributed by atoms with E-state index in [0.29, 0.717) is 41.9 Å². The van der Waals surface area contributed by atoms with Crippen molar-refractivity contribution in [2.75, 3.05) is 13.1 Å². The first-order chi connectivity index (χ1) is 15.1. The molecule has 3 aliphatic heterocycles. The van der Waals surface area contributed by atoms with Gasteiger partial charge in [0.25, 0.3) is 5.91 Å². The quantitative estimate of drug-likeness (QED) is 0.788. The second-order valence-corrected chi connectivity index (χ2v) is 10.6. The maximum Gasteiger partial charge on any atom is 0.274 e. The number of likely N-dealkylation sites (tertiary alicyclic amines) is 1. The lowest BCUT2D eigenvalue weighted by molar-refractivity contribution is -0.153. The zero-order chi connectivity index (χ0) is 21.5. The van der Waals surface area contributed by atoms with Gasteiger partial charge in [-0.25, -0.2) is 0 Å². The highest BCUT2D eigenvalue weighted by Crippen LogP contribution is 2.45. The number of fused-ring (bicyclic) bond motifs is 4. The summed E-state index contributed by atoms with van der Waals surface area (Å²) in [7, 11) is 0. The molecule has 6 nitrogen and oxygen atoms in total. The van der Waals surface area contributed by atoms with Crippen molar-refractivity contribution in [1.29, 1.82) is 0 Å². The zero-order valence-corrected chi connectivity index (χ0v) is 19.2. The predicted octanol–water partition coefficient (Wildman–Crippen LogP) is 4.09. The van der Waals surface area contributed by atoms with E-state index in [2.05, 4.69) is 26.9 Å². The molecular formula is C25H38N4O2. The number of piperidine rings is 3. The summed E-state index contributed by atoms with van der Waals surface area (Å²) < 4.78 is 0. The van der Waals surface area contributed by atoms with Crippen molar-refractivity contribution in [3.05, 3.63) is 17.0 Å². The van der Waals surface area contributed by atoms with E-state index in [1.54, 1.807) is 0 Å². The van der Waals surface area contributed by atoms with Gasteiger partial charge in [0.2, 0.25) is 5.91 Å². The molecule has 1 aliphatic carbocycles. The molecule has 170 valence electrons. The number of aryl methyl sites for hydroxylation is 1. The number of carbonyl (C=O) groups excluding carboxylic acids is 2. The number of rotatable bonds is 4. The first kappa shape index (κ1) is 21.0. The van der Waals surface area contributed by atoms with Crippen molar-refractivity contribution in [3.63, 3.8) is 0 Å². The summed E-state index contributed by atoms with van der Waals surface area (Å²) >= 11 is 0. The number of hydrogen-bond donors (Lipinski definition) is 1. The fourth-order valence-corrected chi connectivity index (χ4v) is 7.14. The Labute approximate surface area is 186 Å². The Hall–Kier alpha value is -1.85. The Balaban J connectivity index is 1.40. The van der Waals surface area contributed by atoms with E-state index >= 15 is 0 Å². The summed E-state index contributed by atoms with van der Waals surface area (Å²) in [5, 5.41) is 7.44. The SMILES string of the molecule is CCc1[nH]nc(C(=O)N2C[C@H]3C[C@@H](C2)[C@H](CC2CCCCC2)N2C(=O)CCC[C@@H]32)c1C. The Morgan fingerprint density at radius 2 is 1.87 bits per heavy atom. The lowest BCUT2D eigenvalue weighted by Gasteiger charge is -2.57. The Morgan fingerprint density at radius 1 is 1.10 bits per heavy atom. The van der Waals surface area contributed by atoms with Gasteiger partial charge in [-0.1, -0.05) is 39.0 Å². The third-order valence-electron chi connectivity index (χ3n) is 8.75. The lowest BCUT2D eigenvalue weighted by Crippen LogP contribution is -2.65. The fourth-order valence-electron chi connectivity index (χ4n) is 7.14. The largest absolute Gasteiger partial charge is 0.337 e. The second-order valence-electron chi connectivity index (χ2n) is 10.6. The van der Waals surface area contributed by atoms with Crippen molar-refractivity contribution >= 4 is 11.8 Å². The molecule has 2 bridgehead atoms. The van der Waals surface area contributed by atoms with Crippen LogP contribution in [0, 0.1) is 24.7 Å². The van der Waals surface area contributed by atoms with Crippen molar-refractivity contribution in [3.8, 4) is 0 Å². The minimum absolute atomic E-state index is 0.0788. The number of hydrogen-bond acceptors (Lipinski definition) is 3. The number of carbonyl (C=O) groups is 2. The van der Waals surface area contributed by atoms with E-state index in [1.165, 1.54) is 38.5 Å². The highest BCUT2D eigenvalue weighted by molar-refractivity contribution is 5.94. The van der Waals surface area contributed by atoms with E-state index in [-0.39, 0.29) is 5.91 Å². The Bertz CT molecular complexity index is 827. The number of nitrogens with zero attached hydrogens (tertiary/aromatic N) is 3. The van der Waals surface area contributed by atoms with Gasteiger partial charge in [0.15, 0.2) is 5.69 Å². The van der Waals surface area contributed by atoms with Crippen LogP contribution in [-0.4, -0.2) is 57.0 Å². The summed E-state index contributed by atoms with van der Waals surface area (Å²) in [4.78, 5) is 30.9. The normalized spacial score (nSPS) is 31.6. The molecule has 3 saturated heterocycles. The molecule has 0 aromatic carbocycles. The molecule has 4 fully saturated rings. The van der Waals surface area contributed by atoms with E-state index in [4.69, 9.17) is 0 Å². The second kappa shape index (κ2) is 8.59. The van der Waals surface area contributed by atoms with E-state index in [1.807, 2.05) is 6.92 Å². The van der Waals surface area contributed by atoms with Crippen LogP contribution in [0.5, 0.6) is 0 Å². The van der Waals surface area contributed by atoms with Crippen molar-refractivity contribution in [2.24, 2.45) is 17.8 Å². The highest BCUT2D eigenvalue weighted by Gasteiger charge is 2.50. The Kier molecular flexibility index (Phi) is 5.82. The summed E-state index contributed by atoms with van der Waals surface area (Å²) in [5.74, 6) is 2.03. The van der Waals surface area contributed by atoms with Gasteiger partial charge in [-0.05, 0) is 56.8 Å². The fraction of sp³-hybridized carbons (Fsp3) is 0.800. The molecule has 6 heteroatoms. The van der Waals surface area contributed by atoms with Crippen LogP contribution in [0.2, 0.25) is 0 Å². The predicted molar refractivity (Wildman–Crippen MR) is 120 cm³/mol. The van der Waals surface area contributed by atoms with E-state index < -0.39 is 0 Å². The molecule has 4 heterocycles. The molecule has 4 atom stereocenters. The number of nitrogens with one attached hydrogen (secondary N) is 1. The molecule has 5 rings (SSSR count). The van der Waals surface area contributed by atoms with Crippen LogP contribution in [0.4, 0.5) is 0 Å². The first-order valence-corrected chi connectivity index (χ1v) is 12.7. The average molecular weight is 427 g/mol. The van der Waals surface area contributed by atoms with Gasteiger partial charge < -0.3 is 9.80 Å². The average Bonchev–Trinajstić information content (AvgIpc) is 3.17. The van der Waals surface area contributed by atoms with Gasteiger partial charge in [0.1, 0.15) is 0 Å². The number of H-pyrrole nitrogens is 1. The van der Waals surface area contributed by atoms with Crippen LogP contribution in [0.3, 0.4) is 0 Å². The van der Waals surface area contributed by atoms with Crippen LogP contribution in [0.1, 0.15) is 92.9 Å². The van der Waals surface area contributed by atoms with Crippen molar-refractivity contribution < 1.29 is 9.59 Å². The zero-order valence-electron chi connectivity index (χ0n) is 19.2. The highest BCUT2D eigenvalue weighted by atomic mass is 16.2. The third-order valence-corrected chi connectivity index (χ3v) is 8.75. The van der Waals surface area contributed by atoms with Gasteiger partial charge in [-0.2, -0.15) is 5.10 Å². The maximum absolute atomic E-state index is 13.5. The molecular weight excluding hydrogens is 388 g/mol. The van der Waals surface area contributed by atoms with Gasteiger partial charge in [-0.3, -0.25) is 14.7 Å². The number of aromatic nitrogens is 2. The molecule has 31 heavy (non-hydrogen) atoms. The molecule has 1 N–H and O–H groups in total. The third kappa shape index (κ3) is 3.80. The number of aromatic amines is 1. The molecule has 0 spiro atoms.